The van der Waals surface area contributed by atoms with Crippen molar-refractivity contribution in [3.63, 3.8) is 0 Å². The molecule has 1 aromatic heterocycles. The molecule has 0 saturated heterocycles. The van der Waals surface area contributed by atoms with Gasteiger partial charge in [0.15, 0.2) is 11.6 Å². The van der Waals surface area contributed by atoms with Crippen molar-refractivity contribution in [1.29, 1.82) is 0 Å². The van der Waals surface area contributed by atoms with E-state index in [1.807, 2.05) is 4.57 Å². The molecule has 0 unspecified atom stereocenters. The minimum absolute atomic E-state index is 0.0838. The first-order chi connectivity index (χ1) is 10.0. The number of hydrogen-bond acceptors (Lipinski definition) is 5. The molecule has 0 N–H and O–H groups in total. The summed E-state index contributed by atoms with van der Waals surface area (Å²) in [5.41, 5.74) is 0.416. The van der Waals surface area contributed by atoms with Crippen LogP contribution in [0.4, 0.5) is 3.89 Å². The molecule has 21 heavy (non-hydrogen) atoms. The van der Waals surface area contributed by atoms with Crippen LogP contribution < -0.4 is 4.18 Å². The van der Waals surface area contributed by atoms with Crippen molar-refractivity contribution >= 4 is 10.5 Å². The lowest BCUT2D eigenvalue weighted by Crippen LogP contribution is -2.06. The molecule has 112 valence electrons. The third-order valence-corrected chi connectivity index (χ3v) is 3.81. The highest BCUT2D eigenvalue weighted by Crippen LogP contribution is 2.31. The Morgan fingerprint density at radius 2 is 1.95 bits per heavy atom. The number of fused-ring (bicyclic) bond motifs is 1. The Kier molecular flexibility index (Phi) is 3.62. The summed E-state index contributed by atoms with van der Waals surface area (Å²) >= 11 is 0. The van der Waals surface area contributed by atoms with E-state index in [1.165, 1.54) is 6.07 Å². The maximum Gasteiger partial charge on any atom is 0.488 e. The predicted molar refractivity (Wildman–Crippen MR) is 73.7 cm³/mol. The van der Waals surface area contributed by atoms with Crippen LogP contribution in [-0.4, -0.2) is 23.2 Å². The van der Waals surface area contributed by atoms with Crippen molar-refractivity contribution < 1.29 is 16.5 Å². The Labute approximate surface area is 122 Å². The SMILES string of the molecule is O=S(=O)(F)Oc1ccccc1-c1nnc2n1CCCCC2. The average Bonchev–Trinajstić information content (AvgIpc) is 2.66. The molecule has 0 radical (unpaired) electrons. The lowest BCUT2D eigenvalue weighted by atomic mass is 10.2. The maximum absolute atomic E-state index is 12.8. The first-order valence-corrected chi connectivity index (χ1v) is 8.01. The molecule has 3 rings (SSSR count). The van der Waals surface area contributed by atoms with Crippen LogP contribution >= 0.6 is 0 Å². The first-order valence-electron chi connectivity index (χ1n) is 6.70. The van der Waals surface area contributed by atoms with Crippen molar-refractivity contribution in [1.82, 2.24) is 14.8 Å². The van der Waals surface area contributed by atoms with Crippen molar-refractivity contribution in [2.45, 2.75) is 32.2 Å². The van der Waals surface area contributed by atoms with Gasteiger partial charge in [0.1, 0.15) is 5.82 Å². The van der Waals surface area contributed by atoms with Gasteiger partial charge >= 0.3 is 10.5 Å². The molecule has 0 fully saturated rings. The highest BCUT2D eigenvalue weighted by molar-refractivity contribution is 7.81. The molecule has 0 spiro atoms. The molecule has 0 amide bonds. The van der Waals surface area contributed by atoms with Crippen LogP contribution in [0.2, 0.25) is 0 Å². The zero-order valence-corrected chi connectivity index (χ0v) is 12.0. The molecule has 6 nitrogen and oxygen atoms in total. The molecule has 2 aromatic rings. The lowest BCUT2D eigenvalue weighted by molar-refractivity contribution is 0.440. The van der Waals surface area contributed by atoms with E-state index in [0.717, 1.165) is 38.1 Å². The van der Waals surface area contributed by atoms with Crippen molar-refractivity contribution in [2.24, 2.45) is 0 Å². The second kappa shape index (κ2) is 5.44. The van der Waals surface area contributed by atoms with E-state index in [-0.39, 0.29) is 5.75 Å². The first kappa shape index (κ1) is 14.0. The van der Waals surface area contributed by atoms with E-state index in [0.29, 0.717) is 11.4 Å². The van der Waals surface area contributed by atoms with Crippen LogP contribution in [0.5, 0.6) is 5.75 Å². The van der Waals surface area contributed by atoms with Crippen LogP contribution in [0.15, 0.2) is 24.3 Å². The number of benzene rings is 1. The van der Waals surface area contributed by atoms with Gasteiger partial charge in [0.2, 0.25) is 0 Å². The molecule has 8 heteroatoms. The minimum atomic E-state index is -5.08. The van der Waals surface area contributed by atoms with Crippen LogP contribution in [0.3, 0.4) is 0 Å². The van der Waals surface area contributed by atoms with Gasteiger partial charge in [-0.3, -0.25) is 0 Å². The van der Waals surface area contributed by atoms with E-state index in [9.17, 15) is 12.3 Å². The fourth-order valence-corrected chi connectivity index (χ4v) is 2.88. The van der Waals surface area contributed by atoms with Gasteiger partial charge in [-0.2, -0.15) is 8.42 Å². The number of para-hydroxylation sites is 1. The smallest absolute Gasteiger partial charge is 0.358 e. The number of halogens is 1. The van der Waals surface area contributed by atoms with E-state index in [4.69, 9.17) is 0 Å². The molecule has 2 heterocycles. The van der Waals surface area contributed by atoms with Crippen LogP contribution in [-0.2, 0) is 23.5 Å². The predicted octanol–water partition coefficient (Wildman–Crippen LogP) is 2.26. The summed E-state index contributed by atoms with van der Waals surface area (Å²) in [6, 6.07) is 6.32. The van der Waals surface area contributed by atoms with Crippen molar-refractivity contribution in [3.05, 3.63) is 30.1 Å². The number of aryl methyl sites for hydroxylation is 1. The zero-order chi connectivity index (χ0) is 14.9. The molecule has 1 aliphatic rings. The monoisotopic (exact) mass is 311 g/mol. The Balaban J connectivity index is 2.07. The van der Waals surface area contributed by atoms with Gasteiger partial charge in [-0.25, -0.2) is 0 Å². The topological polar surface area (TPSA) is 74.1 Å². The highest BCUT2D eigenvalue weighted by atomic mass is 32.3. The van der Waals surface area contributed by atoms with E-state index >= 15 is 0 Å². The fraction of sp³-hybridized carbons (Fsp3) is 0.385. The summed E-state index contributed by atoms with van der Waals surface area (Å²) in [4.78, 5) is 0. The maximum atomic E-state index is 12.8. The summed E-state index contributed by atoms with van der Waals surface area (Å²) in [6.45, 7) is 0.758. The third kappa shape index (κ3) is 3.05. The second-order valence-corrected chi connectivity index (χ2v) is 5.83. The van der Waals surface area contributed by atoms with Crippen LogP contribution in [0.25, 0.3) is 11.4 Å². The van der Waals surface area contributed by atoms with Crippen LogP contribution in [0, 0.1) is 0 Å². The molecular formula is C13H14FN3O3S. The van der Waals surface area contributed by atoms with Crippen molar-refractivity contribution in [2.75, 3.05) is 0 Å². The molecule has 0 bridgehead atoms. The zero-order valence-electron chi connectivity index (χ0n) is 11.2. The normalized spacial score (nSPS) is 15.3. The fourth-order valence-electron chi connectivity index (χ4n) is 2.52. The average molecular weight is 311 g/mol. The quantitative estimate of drug-likeness (QED) is 0.813. The summed E-state index contributed by atoms with van der Waals surface area (Å²) in [5.74, 6) is 1.28. The molecule has 1 aliphatic heterocycles. The summed E-state index contributed by atoms with van der Waals surface area (Å²) in [7, 11) is -5.08. The Morgan fingerprint density at radius 1 is 1.14 bits per heavy atom. The van der Waals surface area contributed by atoms with Gasteiger partial charge in [0, 0.05) is 13.0 Å². The van der Waals surface area contributed by atoms with Gasteiger partial charge in [-0.15, -0.1) is 10.2 Å². The Morgan fingerprint density at radius 3 is 2.76 bits per heavy atom. The lowest BCUT2D eigenvalue weighted by Gasteiger charge is -2.10. The third-order valence-electron chi connectivity index (χ3n) is 3.43. The van der Waals surface area contributed by atoms with Gasteiger partial charge in [-0.05, 0) is 25.0 Å². The molecule has 1 aromatic carbocycles. The summed E-state index contributed by atoms with van der Waals surface area (Å²) in [6.07, 6.45) is 3.99. The summed E-state index contributed by atoms with van der Waals surface area (Å²) in [5, 5.41) is 8.26. The highest BCUT2D eigenvalue weighted by Gasteiger charge is 2.21. The number of aromatic nitrogens is 3. The molecule has 0 saturated carbocycles. The van der Waals surface area contributed by atoms with E-state index in [2.05, 4.69) is 14.4 Å². The van der Waals surface area contributed by atoms with E-state index in [1.54, 1.807) is 18.2 Å². The van der Waals surface area contributed by atoms with Crippen molar-refractivity contribution in [3.8, 4) is 17.1 Å². The van der Waals surface area contributed by atoms with Crippen LogP contribution in [0.1, 0.15) is 25.1 Å². The Bertz CT molecular complexity index is 758. The number of hydrogen-bond donors (Lipinski definition) is 0. The second-order valence-electron chi connectivity index (χ2n) is 4.87. The largest absolute Gasteiger partial charge is 0.488 e. The minimum Gasteiger partial charge on any atom is -0.358 e. The van der Waals surface area contributed by atoms with Gasteiger partial charge < -0.3 is 8.75 Å². The molecule has 0 aliphatic carbocycles. The van der Waals surface area contributed by atoms with Gasteiger partial charge in [-0.1, -0.05) is 22.4 Å². The molecule has 0 atom stereocenters. The Hall–Kier alpha value is -1.96. The number of rotatable bonds is 3. The molecular weight excluding hydrogens is 297 g/mol. The number of nitrogens with zero attached hydrogens (tertiary/aromatic N) is 3. The van der Waals surface area contributed by atoms with Gasteiger partial charge in [0.05, 0.1) is 5.56 Å². The van der Waals surface area contributed by atoms with E-state index < -0.39 is 10.5 Å². The van der Waals surface area contributed by atoms with Gasteiger partial charge in [0.25, 0.3) is 0 Å². The standard InChI is InChI=1S/C13H14FN3O3S/c14-21(18,19)20-11-7-4-3-6-10(11)13-16-15-12-8-2-1-5-9-17(12)13/h3-4,6-7H,1-2,5,8-9H2. The summed E-state index contributed by atoms with van der Waals surface area (Å²) < 4.78 is 40.6.